The number of methoxy groups -OCH3 is 1. The Hall–Kier alpha value is -1.79. The molecule has 0 spiro atoms. The number of nitrogens with one attached hydrogen (secondary N) is 2. The van der Waals surface area contributed by atoms with E-state index in [-0.39, 0.29) is 0 Å². The molecule has 1 aromatic carbocycles. The minimum absolute atomic E-state index is 0.860. The summed E-state index contributed by atoms with van der Waals surface area (Å²) in [5, 5.41) is 6.79. The third-order valence-electron chi connectivity index (χ3n) is 5.27. The summed E-state index contributed by atoms with van der Waals surface area (Å²) in [5.74, 6) is 1.87. The highest BCUT2D eigenvalue weighted by Crippen LogP contribution is 2.18. The third-order valence-corrected chi connectivity index (χ3v) is 5.27. The number of benzene rings is 1. The van der Waals surface area contributed by atoms with Gasteiger partial charge in [-0.3, -0.25) is 4.99 Å². The number of piperazine rings is 1. The first-order valence-electron chi connectivity index (χ1n) is 10.7. The highest BCUT2D eigenvalue weighted by molar-refractivity contribution is 5.79. The molecular formula is C22H39N5O. The van der Waals surface area contributed by atoms with Crippen LogP contribution >= 0.6 is 0 Å². The highest BCUT2D eigenvalue weighted by Gasteiger charge is 2.12. The minimum atomic E-state index is 0.860. The molecule has 28 heavy (non-hydrogen) atoms. The summed E-state index contributed by atoms with van der Waals surface area (Å²) in [6.45, 7) is 12.8. The minimum Gasteiger partial charge on any atom is -0.496 e. The van der Waals surface area contributed by atoms with E-state index in [9.17, 15) is 0 Å². The molecule has 0 unspecified atom stereocenters. The van der Waals surface area contributed by atoms with E-state index in [0.717, 1.165) is 44.2 Å². The lowest BCUT2D eigenvalue weighted by Crippen LogP contribution is -2.44. The molecule has 1 aliphatic rings. The molecule has 1 aromatic rings. The lowest BCUT2D eigenvalue weighted by Gasteiger charge is -2.32. The first-order valence-corrected chi connectivity index (χ1v) is 10.7. The zero-order chi connectivity index (χ0) is 20.2. The van der Waals surface area contributed by atoms with Crippen LogP contribution in [0, 0.1) is 6.92 Å². The molecule has 158 valence electrons. The molecule has 0 atom stereocenters. The van der Waals surface area contributed by atoms with Crippen LogP contribution in [0.1, 0.15) is 30.9 Å². The number of hydrogen-bond acceptors (Lipinski definition) is 4. The normalized spacial score (nSPS) is 16.2. The van der Waals surface area contributed by atoms with Gasteiger partial charge in [0.2, 0.25) is 0 Å². The topological polar surface area (TPSA) is 52.1 Å². The third kappa shape index (κ3) is 8.07. The maximum atomic E-state index is 5.41. The van der Waals surface area contributed by atoms with Crippen molar-refractivity contribution >= 4 is 5.96 Å². The van der Waals surface area contributed by atoms with E-state index >= 15 is 0 Å². The molecule has 6 heteroatoms. The van der Waals surface area contributed by atoms with Gasteiger partial charge in [0.1, 0.15) is 5.75 Å². The van der Waals surface area contributed by atoms with Crippen LogP contribution in [0.5, 0.6) is 5.75 Å². The molecule has 0 aliphatic carbocycles. The summed E-state index contributed by atoms with van der Waals surface area (Å²) in [6.07, 6.45) is 3.30. The lowest BCUT2D eigenvalue weighted by molar-refractivity contribution is 0.152. The van der Waals surface area contributed by atoms with E-state index in [2.05, 4.69) is 59.5 Å². The zero-order valence-electron chi connectivity index (χ0n) is 18.3. The van der Waals surface area contributed by atoms with E-state index in [4.69, 9.17) is 9.73 Å². The van der Waals surface area contributed by atoms with E-state index in [0.29, 0.717) is 0 Å². The molecule has 1 aliphatic heterocycles. The number of unbranched alkanes of at least 4 members (excludes halogenated alkanes) is 1. The molecule has 2 N–H and O–H groups in total. The molecule has 2 rings (SSSR count). The van der Waals surface area contributed by atoms with Gasteiger partial charge in [0.05, 0.1) is 7.11 Å². The van der Waals surface area contributed by atoms with Gasteiger partial charge < -0.3 is 25.2 Å². The first-order chi connectivity index (χ1) is 13.6. The van der Waals surface area contributed by atoms with Gasteiger partial charge in [-0.1, -0.05) is 12.1 Å². The second kappa shape index (κ2) is 12.6. The van der Waals surface area contributed by atoms with Gasteiger partial charge in [-0.05, 0) is 63.9 Å². The fraction of sp³-hybridized carbons (Fsp3) is 0.682. The first kappa shape index (κ1) is 22.5. The van der Waals surface area contributed by atoms with Gasteiger partial charge in [-0.2, -0.15) is 0 Å². The van der Waals surface area contributed by atoms with E-state index in [1.54, 1.807) is 7.11 Å². The van der Waals surface area contributed by atoms with Gasteiger partial charge in [-0.25, -0.2) is 0 Å². The van der Waals surface area contributed by atoms with Crippen LogP contribution in [-0.4, -0.2) is 82.3 Å². The van der Waals surface area contributed by atoms with Crippen LogP contribution in [0.15, 0.2) is 23.2 Å². The van der Waals surface area contributed by atoms with Crippen molar-refractivity contribution in [3.05, 3.63) is 29.3 Å². The Labute approximate surface area is 171 Å². The number of ether oxygens (including phenoxy) is 1. The van der Waals surface area contributed by atoms with Gasteiger partial charge in [0, 0.05) is 45.8 Å². The Bertz CT molecular complexity index is 597. The van der Waals surface area contributed by atoms with Crippen LogP contribution < -0.4 is 15.4 Å². The van der Waals surface area contributed by atoms with E-state index in [1.165, 1.54) is 50.3 Å². The molecular weight excluding hydrogens is 350 g/mol. The SMILES string of the molecule is CCNC(=NCCCCN1CCN(C)CC1)NCCc1ccc(C)c(OC)c1. The predicted octanol–water partition coefficient (Wildman–Crippen LogP) is 2.13. The number of rotatable bonds is 10. The number of nitrogens with zero attached hydrogens (tertiary/aromatic N) is 3. The molecule has 1 fully saturated rings. The van der Waals surface area contributed by atoms with Crippen molar-refractivity contribution in [2.45, 2.75) is 33.1 Å². The van der Waals surface area contributed by atoms with Crippen LogP contribution in [0.3, 0.4) is 0 Å². The number of aliphatic imine (C=N–C) groups is 1. The van der Waals surface area contributed by atoms with Crippen LogP contribution in [0.2, 0.25) is 0 Å². The number of aryl methyl sites for hydroxylation is 1. The van der Waals surface area contributed by atoms with Gasteiger partial charge in [0.15, 0.2) is 5.96 Å². The molecule has 6 nitrogen and oxygen atoms in total. The van der Waals surface area contributed by atoms with E-state index < -0.39 is 0 Å². The zero-order valence-corrected chi connectivity index (χ0v) is 18.3. The van der Waals surface area contributed by atoms with Crippen LogP contribution in [-0.2, 0) is 6.42 Å². The van der Waals surface area contributed by atoms with Crippen molar-refractivity contribution in [2.24, 2.45) is 4.99 Å². The second-order valence-corrected chi connectivity index (χ2v) is 7.59. The van der Waals surface area contributed by atoms with Gasteiger partial charge >= 0.3 is 0 Å². The standard InChI is InChI=1S/C22H39N5O/c1-5-23-22(24-11-6-7-13-27-16-14-26(3)15-17-27)25-12-10-20-9-8-19(2)21(18-20)28-4/h8-9,18H,5-7,10-17H2,1-4H3,(H2,23,24,25). The van der Waals surface area contributed by atoms with Crippen molar-refractivity contribution in [2.75, 3.05) is 66.5 Å². The maximum absolute atomic E-state index is 5.41. The Morgan fingerprint density at radius 3 is 2.64 bits per heavy atom. The lowest BCUT2D eigenvalue weighted by atomic mass is 10.1. The quantitative estimate of drug-likeness (QED) is 0.365. The second-order valence-electron chi connectivity index (χ2n) is 7.59. The van der Waals surface area contributed by atoms with Crippen LogP contribution in [0.4, 0.5) is 0 Å². The van der Waals surface area contributed by atoms with Crippen molar-refractivity contribution in [1.29, 1.82) is 0 Å². The fourth-order valence-corrected chi connectivity index (χ4v) is 3.40. The summed E-state index contributed by atoms with van der Waals surface area (Å²) in [7, 11) is 3.93. The highest BCUT2D eigenvalue weighted by atomic mass is 16.5. The number of likely N-dealkylation sites (N-methyl/N-ethyl adjacent to an activating group) is 1. The van der Waals surface area contributed by atoms with Crippen molar-refractivity contribution in [1.82, 2.24) is 20.4 Å². The fourth-order valence-electron chi connectivity index (χ4n) is 3.40. The van der Waals surface area contributed by atoms with E-state index in [1.807, 2.05) is 0 Å². The van der Waals surface area contributed by atoms with Gasteiger partial charge in [-0.15, -0.1) is 0 Å². The molecule has 0 amide bonds. The van der Waals surface area contributed by atoms with Crippen LogP contribution in [0.25, 0.3) is 0 Å². The summed E-state index contributed by atoms with van der Waals surface area (Å²) < 4.78 is 5.41. The van der Waals surface area contributed by atoms with Crippen molar-refractivity contribution in [3.8, 4) is 5.75 Å². The molecule has 0 aromatic heterocycles. The Morgan fingerprint density at radius 2 is 1.93 bits per heavy atom. The smallest absolute Gasteiger partial charge is 0.191 e. The Balaban J connectivity index is 1.67. The average Bonchev–Trinajstić information content (AvgIpc) is 2.70. The predicted molar refractivity (Wildman–Crippen MR) is 119 cm³/mol. The number of hydrogen-bond donors (Lipinski definition) is 2. The molecule has 0 saturated carbocycles. The summed E-state index contributed by atoms with van der Waals surface area (Å²) in [5.41, 5.74) is 2.45. The summed E-state index contributed by atoms with van der Waals surface area (Å²) >= 11 is 0. The molecule has 0 bridgehead atoms. The number of guanidine groups is 1. The van der Waals surface area contributed by atoms with Crippen molar-refractivity contribution < 1.29 is 4.74 Å². The summed E-state index contributed by atoms with van der Waals surface area (Å²) in [6, 6.07) is 6.41. The average molecular weight is 390 g/mol. The summed E-state index contributed by atoms with van der Waals surface area (Å²) in [4.78, 5) is 9.71. The molecule has 1 saturated heterocycles. The van der Waals surface area contributed by atoms with Crippen molar-refractivity contribution in [3.63, 3.8) is 0 Å². The molecule has 0 radical (unpaired) electrons. The maximum Gasteiger partial charge on any atom is 0.191 e. The largest absolute Gasteiger partial charge is 0.496 e. The Morgan fingerprint density at radius 1 is 1.14 bits per heavy atom. The molecule has 1 heterocycles. The monoisotopic (exact) mass is 389 g/mol. The Kier molecular flexibility index (Phi) is 10.1. The van der Waals surface area contributed by atoms with Gasteiger partial charge in [0.25, 0.3) is 0 Å².